The minimum absolute atomic E-state index is 0.0723. The first-order valence-corrected chi connectivity index (χ1v) is 10.8. The van der Waals surface area contributed by atoms with E-state index in [9.17, 15) is 9.59 Å². The van der Waals surface area contributed by atoms with Gasteiger partial charge in [-0.25, -0.2) is 0 Å². The first kappa shape index (κ1) is 20.2. The number of aromatic nitrogens is 2. The fourth-order valence-electron chi connectivity index (χ4n) is 4.56. The van der Waals surface area contributed by atoms with Gasteiger partial charge < -0.3 is 19.4 Å². The number of ether oxygens (including phenoxy) is 2. The summed E-state index contributed by atoms with van der Waals surface area (Å²) in [5, 5.41) is 1.89. The van der Waals surface area contributed by atoms with Crippen molar-refractivity contribution >= 4 is 27.6 Å². The quantitative estimate of drug-likeness (QED) is 0.528. The number of nitrogens with one attached hydrogen (secondary N) is 1. The van der Waals surface area contributed by atoms with Crippen molar-refractivity contribution in [1.82, 2.24) is 14.5 Å². The van der Waals surface area contributed by atoms with Gasteiger partial charge in [0.1, 0.15) is 0 Å². The molecule has 0 radical (unpaired) electrons. The molecule has 7 nitrogen and oxygen atoms in total. The molecule has 164 valence electrons. The number of pyridine rings is 1. The van der Waals surface area contributed by atoms with Crippen LogP contribution in [0.3, 0.4) is 0 Å². The van der Waals surface area contributed by atoms with Gasteiger partial charge in [-0.3, -0.25) is 14.2 Å². The number of amides is 1. The molecule has 2 aromatic carbocycles. The summed E-state index contributed by atoms with van der Waals surface area (Å²) in [6.07, 6.45) is 6.62. The third-order valence-electron chi connectivity index (χ3n) is 6.23. The predicted octanol–water partition coefficient (Wildman–Crippen LogP) is 4.12. The zero-order chi connectivity index (χ0) is 22.2. The lowest BCUT2D eigenvalue weighted by Gasteiger charge is -2.27. The van der Waals surface area contributed by atoms with E-state index in [4.69, 9.17) is 9.47 Å². The molecule has 7 heteroatoms. The molecule has 32 heavy (non-hydrogen) atoms. The van der Waals surface area contributed by atoms with Crippen LogP contribution in [0.15, 0.2) is 53.6 Å². The molecule has 0 spiro atoms. The number of nitrogens with zero attached hydrogens (tertiary/aromatic N) is 2. The lowest BCUT2D eigenvalue weighted by molar-refractivity contribution is 0.0725. The van der Waals surface area contributed by atoms with E-state index in [1.807, 2.05) is 35.4 Å². The zero-order valence-corrected chi connectivity index (χ0v) is 18.2. The van der Waals surface area contributed by atoms with Gasteiger partial charge in [-0.1, -0.05) is 6.07 Å². The first-order chi connectivity index (χ1) is 15.6. The summed E-state index contributed by atoms with van der Waals surface area (Å²) < 4.78 is 12.5. The van der Waals surface area contributed by atoms with E-state index in [1.54, 1.807) is 30.0 Å². The van der Waals surface area contributed by atoms with Crippen LogP contribution in [0.2, 0.25) is 0 Å². The number of H-pyrrole nitrogens is 1. The average molecular weight is 431 g/mol. The Kier molecular flexibility index (Phi) is 5.09. The molecule has 3 heterocycles. The maximum absolute atomic E-state index is 13.6. The van der Waals surface area contributed by atoms with Gasteiger partial charge in [-0.05, 0) is 49.6 Å². The van der Waals surface area contributed by atoms with Crippen molar-refractivity contribution in [3.8, 4) is 17.2 Å². The van der Waals surface area contributed by atoms with Gasteiger partial charge in [0.25, 0.3) is 11.5 Å². The van der Waals surface area contributed by atoms with Gasteiger partial charge in [0.15, 0.2) is 11.5 Å². The summed E-state index contributed by atoms with van der Waals surface area (Å²) in [5.74, 6) is 0.862. The van der Waals surface area contributed by atoms with Crippen molar-refractivity contribution in [3.05, 3.63) is 64.7 Å². The molecule has 0 atom stereocenters. The second-order valence-corrected chi connectivity index (χ2v) is 8.04. The molecule has 2 aromatic heterocycles. The Hall–Kier alpha value is -3.74. The SMILES string of the molecule is COc1cc2c(C(=O)N3CCCCC3)cn(-c3cccc4[nH]ccc34)c(=O)c2cc1OC. The second kappa shape index (κ2) is 8.07. The number of hydrogen-bond acceptors (Lipinski definition) is 4. The lowest BCUT2D eigenvalue weighted by Crippen LogP contribution is -2.36. The number of carbonyl (C=O) groups excluding carboxylic acids is 1. The van der Waals surface area contributed by atoms with Crippen LogP contribution in [0.25, 0.3) is 27.4 Å². The Morgan fingerprint density at radius 1 is 0.938 bits per heavy atom. The molecule has 0 bridgehead atoms. The Bertz CT molecular complexity index is 1380. The molecule has 0 saturated carbocycles. The Labute approximate surface area is 185 Å². The summed E-state index contributed by atoms with van der Waals surface area (Å²) in [4.78, 5) is 32.3. The van der Waals surface area contributed by atoms with Crippen molar-refractivity contribution in [1.29, 1.82) is 0 Å². The molecule has 1 fully saturated rings. The molecule has 4 aromatic rings. The van der Waals surface area contributed by atoms with E-state index >= 15 is 0 Å². The molecule has 1 aliphatic rings. The molecule has 1 amide bonds. The Balaban J connectivity index is 1.82. The Morgan fingerprint density at radius 2 is 1.66 bits per heavy atom. The molecule has 5 rings (SSSR count). The zero-order valence-electron chi connectivity index (χ0n) is 18.2. The van der Waals surface area contributed by atoms with E-state index in [1.165, 1.54) is 7.11 Å². The van der Waals surface area contributed by atoms with Gasteiger partial charge in [0.05, 0.1) is 30.9 Å². The van der Waals surface area contributed by atoms with Gasteiger partial charge >= 0.3 is 0 Å². The molecule has 0 aliphatic carbocycles. The second-order valence-electron chi connectivity index (χ2n) is 8.04. The maximum atomic E-state index is 13.6. The van der Waals surface area contributed by atoms with E-state index in [-0.39, 0.29) is 11.5 Å². The van der Waals surface area contributed by atoms with E-state index < -0.39 is 0 Å². The number of carbonyl (C=O) groups is 1. The number of methoxy groups -OCH3 is 2. The minimum atomic E-state index is -0.218. The highest BCUT2D eigenvalue weighted by atomic mass is 16.5. The van der Waals surface area contributed by atoms with Crippen molar-refractivity contribution < 1.29 is 14.3 Å². The fourth-order valence-corrected chi connectivity index (χ4v) is 4.56. The number of fused-ring (bicyclic) bond motifs is 2. The van der Waals surface area contributed by atoms with Crippen molar-refractivity contribution in [3.63, 3.8) is 0 Å². The highest BCUT2D eigenvalue weighted by molar-refractivity contribution is 6.07. The first-order valence-electron chi connectivity index (χ1n) is 10.8. The molecule has 0 unspecified atom stereocenters. The fraction of sp³-hybridized carbons (Fsp3) is 0.280. The van der Waals surface area contributed by atoms with E-state index in [0.717, 1.165) is 48.9 Å². The van der Waals surface area contributed by atoms with Crippen LogP contribution in [0.4, 0.5) is 0 Å². The van der Waals surface area contributed by atoms with Gasteiger partial charge in [-0.15, -0.1) is 0 Å². The van der Waals surface area contributed by atoms with Crippen LogP contribution in [0, 0.1) is 0 Å². The van der Waals surface area contributed by atoms with Gasteiger partial charge in [0.2, 0.25) is 0 Å². The van der Waals surface area contributed by atoms with Crippen LogP contribution in [0.5, 0.6) is 11.5 Å². The van der Waals surface area contributed by atoms with Crippen LogP contribution in [-0.4, -0.2) is 47.7 Å². The van der Waals surface area contributed by atoms with E-state index in [2.05, 4.69) is 4.98 Å². The number of piperidine rings is 1. The third kappa shape index (κ3) is 3.21. The summed E-state index contributed by atoms with van der Waals surface area (Å²) >= 11 is 0. The third-order valence-corrected chi connectivity index (χ3v) is 6.23. The van der Waals surface area contributed by atoms with Crippen molar-refractivity contribution in [2.75, 3.05) is 27.3 Å². The van der Waals surface area contributed by atoms with Crippen LogP contribution < -0.4 is 15.0 Å². The lowest BCUT2D eigenvalue weighted by atomic mass is 10.0. The molecular weight excluding hydrogens is 406 g/mol. The topological polar surface area (TPSA) is 76.6 Å². The molecule has 1 aliphatic heterocycles. The molecule has 1 N–H and O–H groups in total. The van der Waals surface area contributed by atoms with E-state index in [0.29, 0.717) is 27.8 Å². The highest BCUT2D eigenvalue weighted by Gasteiger charge is 2.24. The standard InChI is InChI=1S/C25H25N3O4/c1-31-22-13-17-18(14-23(22)32-2)25(30)28(21-8-6-7-20-16(21)9-10-26-20)15-19(17)24(29)27-11-4-3-5-12-27/h6-10,13-15,26H,3-5,11-12H2,1-2H3. The molecular formula is C25H25N3O4. The largest absolute Gasteiger partial charge is 0.493 e. The van der Waals surface area contributed by atoms with Crippen LogP contribution >= 0.6 is 0 Å². The predicted molar refractivity (Wildman–Crippen MR) is 124 cm³/mol. The Morgan fingerprint density at radius 3 is 2.38 bits per heavy atom. The number of hydrogen-bond donors (Lipinski definition) is 1. The normalized spacial score (nSPS) is 14.1. The van der Waals surface area contributed by atoms with Crippen LogP contribution in [0.1, 0.15) is 29.6 Å². The van der Waals surface area contributed by atoms with Gasteiger partial charge in [0, 0.05) is 41.8 Å². The molecule has 1 saturated heterocycles. The summed E-state index contributed by atoms with van der Waals surface area (Å²) in [7, 11) is 3.08. The maximum Gasteiger partial charge on any atom is 0.263 e. The average Bonchev–Trinajstić information content (AvgIpc) is 3.33. The number of rotatable bonds is 4. The number of aromatic amines is 1. The number of likely N-dealkylation sites (tertiary alicyclic amines) is 1. The monoisotopic (exact) mass is 431 g/mol. The smallest absolute Gasteiger partial charge is 0.263 e. The van der Waals surface area contributed by atoms with Crippen molar-refractivity contribution in [2.45, 2.75) is 19.3 Å². The highest BCUT2D eigenvalue weighted by Crippen LogP contribution is 2.33. The number of benzene rings is 2. The summed E-state index contributed by atoms with van der Waals surface area (Å²) in [5.41, 5.74) is 1.91. The summed E-state index contributed by atoms with van der Waals surface area (Å²) in [6, 6.07) is 11.1. The van der Waals surface area contributed by atoms with Crippen LogP contribution in [-0.2, 0) is 0 Å². The van der Waals surface area contributed by atoms with Gasteiger partial charge in [-0.2, -0.15) is 0 Å². The summed E-state index contributed by atoms with van der Waals surface area (Å²) in [6.45, 7) is 1.44. The van der Waals surface area contributed by atoms with Crippen molar-refractivity contribution in [2.24, 2.45) is 0 Å². The minimum Gasteiger partial charge on any atom is -0.493 e.